The van der Waals surface area contributed by atoms with Crippen molar-refractivity contribution >= 4 is 63.7 Å². The summed E-state index contributed by atoms with van der Waals surface area (Å²) in [7, 11) is 9.70. The molecule has 2 aliphatic heterocycles. The molecule has 0 bridgehead atoms. The zero-order chi connectivity index (χ0) is 55.2. The largest absolute Gasteiger partial charge is 0.493 e. The minimum atomic E-state index is -0.337. The van der Waals surface area contributed by atoms with Crippen LogP contribution in [0.5, 0.6) is 17.2 Å². The maximum absolute atomic E-state index is 12.7. The molecule has 2 aromatic carbocycles. The molecule has 11 rings (SSSR count). The number of ether oxygens (including phenoxy) is 4. The van der Waals surface area contributed by atoms with Crippen LogP contribution < -0.4 is 47.3 Å². The van der Waals surface area contributed by atoms with Crippen molar-refractivity contribution in [3.05, 3.63) is 126 Å². The number of anilines is 2. The SMILES string of the molecule is CCn1c(=O)c2c(nc(/C=C/c3ccc(OC)c(OC)c3)n2C)n(CC)c1=O.COCCOc1ccc(N2CCN(CCn3ncc4c3nc(N)n3nc(-c5ccco5)nc43)CC2)cc1.Cn1c2c(c(=O)n(C)c1=O)CC=N2. The Morgan fingerprint density at radius 1 is 0.744 bits per heavy atom. The molecule has 9 aromatic rings. The molecule has 1 fully saturated rings. The Balaban J connectivity index is 0.000000158. The van der Waals surface area contributed by atoms with Gasteiger partial charge in [0.2, 0.25) is 11.8 Å². The van der Waals surface area contributed by atoms with E-state index in [1.165, 1.54) is 31.0 Å². The highest BCUT2D eigenvalue weighted by Gasteiger charge is 2.22. The first-order valence-corrected chi connectivity index (χ1v) is 25.3. The normalized spacial score (nSPS) is 13.3. The molecule has 1 saturated heterocycles. The van der Waals surface area contributed by atoms with Gasteiger partial charge >= 0.3 is 11.4 Å². The van der Waals surface area contributed by atoms with Gasteiger partial charge in [-0.15, -0.1) is 5.10 Å². The molecule has 9 heterocycles. The lowest BCUT2D eigenvalue weighted by molar-refractivity contribution is 0.146. The van der Waals surface area contributed by atoms with Crippen molar-refractivity contribution in [1.82, 2.24) is 62.1 Å². The van der Waals surface area contributed by atoms with Crippen LogP contribution in [0.15, 0.2) is 95.6 Å². The van der Waals surface area contributed by atoms with Crippen LogP contribution in [0.2, 0.25) is 0 Å². The monoisotopic (exact) mass is 1070 g/mol. The topological polar surface area (TPSA) is 262 Å². The van der Waals surface area contributed by atoms with Gasteiger partial charge in [-0.3, -0.25) is 32.8 Å². The predicted octanol–water partition coefficient (Wildman–Crippen LogP) is 3.63. The van der Waals surface area contributed by atoms with Gasteiger partial charge in [0.15, 0.2) is 39.7 Å². The van der Waals surface area contributed by atoms with Crippen LogP contribution in [-0.4, -0.2) is 136 Å². The van der Waals surface area contributed by atoms with Crippen LogP contribution in [0, 0.1) is 0 Å². The number of methoxy groups -OCH3 is 3. The molecule has 408 valence electrons. The lowest BCUT2D eigenvalue weighted by atomic mass is 10.2. The van der Waals surface area contributed by atoms with E-state index < -0.39 is 0 Å². The molecule has 25 heteroatoms. The maximum atomic E-state index is 12.7. The number of aromatic nitrogens is 12. The van der Waals surface area contributed by atoms with Crippen molar-refractivity contribution in [2.45, 2.75) is 39.9 Å². The standard InChI is InChI=1S/C25H29N9O3.C20H24N4O4.C8H9N3O2/c1-35-15-16-36-19-6-4-18(5-7-19)32-11-8-31(9-12-32)10-13-33-23-20(17-27-33)24-28-22(21-3-2-14-37-21)30-34(24)25(26)29-23;1-6-23-18-17(19(25)24(7-2)20(23)26)22(3)16(21-18)11-9-13-8-10-14(27-4)15(12-13)28-5;1-10-6-5(3-4-9-6)7(12)11(2)8(10)13/h2-7,14,17H,8-13,15-16H2,1H3,(H2,26,29);8-12H,6-7H2,1-5H3;4H,3H2,1-2H3/b;11-9+;. The molecule has 0 atom stereocenters. The van der Waals surface area contributed by atoms with Gasteiger partial charge in [0.25, 0.3) is 11.1 Å². The van der Waals surface area contributed by atoms with Crippen LogP contribution in [0.3, 0.4) is 0 Å². The van der Waals surface area contributed by atoms with E-state index in [2.05, 4.69) is 52.1 Å². The first-order valence-electron chi connectivity index (χ1n) is 25.3. The number of fused-ring (bicyclic) bond motifs is 5. The minimum absolute atomic E-state index is 0.240. The first-order chi connectivity index (χ1) is 37.8. The molecule has 0 saturated carbocycles. The van der Waals surface area contributed by atoms with Crippen molar-refractivity contribution in [3.63, 3.8) is 0 Å². The third kappa shape index (κ3) is 10.7. The molecule has 2 aliphatic rings. The van der Waals surface area contributed by atoms with Gasteiger partial charge in [-0.25, -0.2) is 29.2 Å². The Morgan fingerprint density at radius 2 is 1.50 bits per heavy atom. The summed E-state index contributed by atoms with van der Waals surface area (Å²) in [4.78, 5) is 70.7. The summed E-state index contributed by atoms with van der Waals surface area (Å²) in [6, 6.07) is 17.4. The number of nitrogens with two attached hydrogens (primary N) is 1. The Labute approximate surface area is 446 Å². The molecule has 0 unspecified atom stereocenters. The van der Waals surface area contributed by atoms with Gasteiger partial charge in [-0.2, -0.15) is 14.6 Å². The number of hydrogen-bond donors (Lipinski definition) is 1. The van der Waals surface area contributed by atoms with Crippen LogP contribution in [0.25, 0.3) is 51.6 Å². The summed E-state index contributed by atoms with van der Waals surface area (Å²) in [6.07, 6.45) is 9.21. The van der Waals surface area contributed by atoms with Crippen molar-refractivity contribution in [3.8, 4) is 28.8 Å². The Kier molecular flexibility index (Phi) is 16.1. The number of aryl methyl sites for hydroxylation is 2. The third-order valence-electron chi connectivity index (χ3n) is 13.6. The summed E-state index contributed by atoms with van der Waals surface area (Å²) < 4.78 is 37.1. The van der Waals surface area contributed by atoms with E-state index in [0.29, 0.717) is 102 Å². The lowest BCUT2D eigenvalue weighted by Crippen LogP contribution is -2.47. The van der Waals surface area contributed by atoms with E-state index in [1.807, 2.05) is 54.1 Å². The average Bonchev–Trinajstić information content (AvgIpc) is 4.52. The molecule has 0 radical (unpaired) electrons. The molecule has 0 aliphatic carbocycles. The van der Waals surface area contributed by atoms with Crippen molar-refractivity contribution in [1.29, 1.82) is 0 Å². The summed E-state index contributed by atoms with van der Waals surface area (Å²) in [5, 5.41) is 9.83. The molecule has 25 nitrogen and oxygen atoms in total. The van der Waals surface area contributed by atoms with E-state index in [4.69, 9.17) is 29.1 Å². The summed E-state index contributed by atoms with van der Waals surface area (Å²) in [6.45, 7) is 11.0. The fourth-order valence-electron chi connectivity index (χ4n) is 9.28. The highest BCUT2D eigenvalue weighted by molar-refractivity contribution is 5.90. The number of hydrogen-bond acceptors (Lipinski definition) is 18. The number of nitrogen functional groups attached to an aromatic ring is 1. The number of nitrogens with zero attached hydrogens (tertiary/aromatic N) is 15. The van der Waals surface area contributed by atoms with Crippen molar-refractivity contribution < 1.29 is 23.4 Å². The summed E-state index contributed by atoms with van der Waals surface area (Å²) >= 11 is 0. The zero-order valence-corrected chi connectivity index (χ0v) is 44.8. The molecular formula is C53H62N16O9. The number of benzene rings is 2. The Hall–Kier alpha value is -9.10. The molecular weight excluding hydrogens is 1000 g/mol. The van der Waals surface area contributed by atoms with Crippen molar-refractivity contribution in [2.75, 3.05) is 77.9 Å². The van der Waals surface area contributed by atoms with Gasteiger partial charge in [0.1, 0.15) is 24.0 Å². The van der Waals surface area contributed by atoms with Crippen LogP contribution in [0.4, 0.5) is 17.5 Å². The van der Waals surface area contributed by atoms with Crippen LogP contribution in [0.1, 0.15) is 30.8 Å². The number of aliphatic imine (C=N–C) groups is 1. The fourth-order valence-corrected chi connectivity index (χ4v) is 9.28. The predicted molar refractivity (Wildman–Crippen MR) is 296 cm³/mol. The number of piperazine rings is 1. The zero-order valence-electron chi connectivity index (χ0n) is 44.8. The summed E-state index contributed by atoms with van der Waals surface area (Å²) in [5.74, 6) is 4.51. The fraction of sp³-hybridized carbons (Fsp3) is 0.358. The third-order valence-corrected chi connectivity index (χ3v) is 13.6. The van der Waals surface area contributed by atoms with Gasteiger partial charge in [0, 0.05) is 92.4 Å². The lowest BCUT2D eigenvalue weighted by Gasteiger charge is -2.36. The van der Waals surface area contributed by atoms with Crippen molar-refractivity contribution in [2.24, 2.45) is 26.1 Å². The first kappa shape index (κ1) is 53.7. The highest BCUT2D eigenvalue weighted by Crippen LogP contribution is 2.29. The number of rotatable bonds is 15. The van der Waals surface area contributed by atoms with Crippen LogP contribution >= 0.6 is 0 Å². The van der Waals surface area contributed by atoms with Gasteiger partial charge in [-0.05, 0) is 74.0 Å². The van der Waals surface area contributed by atoms with E-state index in [0.717, 1.165) is 54.0 Å². The molecule has 7 aromatic heterocycles. The Morgan fingerprint density at radius 3 is 2.19 bits per heavy atom. The van der Waals surface area contributed by atoms with E-state index >= 15 is 0 Å². The van der Waals surface area contributed by atoms with Crippen LogP contribution in [-0.2, 0) is 51.9 Å². The molecule has 0 amide bonds. The smallest absolute Gasteiger partial charge is 0.332 e. The van der Waals surface area contributed by atoms with E-state index in [1.54, 1.807) is 77.7 Å². The summed E-state index contributed by atoms with van der Waals surface area (Å²) in [5.41, 5.74) is 9.82. The highest BCUT2D eigenvalue weighted by atomic mass is 16.5. The second kappa shape index (κ2) is 23.4. The maximum Gasteiger partial charge on any atom is 0.332 e. The minimum Gasteiger partial charge on any atom is -0.493 e. The molecule has 0 spiro atoms. The second-order valence-electron chi connectivity index (χ2n) is 18.1. The van der Waals surface area contributed by atoms with Gasteiger partial charge < -0.3 is 38.6 Å². The van der Waals surface area contributed by atoms with Gasteiger partial charge in [-0.1, -0.05) is 12.1 Å². The molecule has 2 N–H and O–H groups in total. The number of imidazole rings is 1. The van der Waals surface area contributed by atoms with E-state index in [9.17, 15) is 19.2 Å². The van der Waals surface area contributed by atoms with E-state index in [-0.39, 0.29) is 28.4 Å². The molecule has 78 heavy (non-hydrogen) atoms. The quantitative estimate of drug-likeness (QED) is 0.144. The van der Waals surface area contributed by atoms with Gasteiger partial charge in [0.05, 0.1) is 50.8 Å². The Bertz CT molecular complexity index is 3910. The number of furan rings is 1. The second-order valence-corrected chi connectivity index (χ2v) is 18.1. The average molecular weight is 1070 g/mol.